The van der Waals surface area contributed by atoms with E-state index in [9.17, 15) is 44.3 Å². The van der Waals surface area contributed by atoms with Crippen molar-refractivity contribution in [1.29, 1.82) is 0 Å². The quantitative estimate of drug-likeness (QED) is 0.529. The lowest BCUT2D eigenvalue weighted by Crippen LogP contribution is -2.27. The molecule has 4 nitrogen and oxygen atoms in total. The third kappa shape index (κ3) is 5.14. The largest absolute Gasteiger partial charge is 0.435 e. The topological polar surface area (TPSA) is 46.9 Å². The second-order valence-corrected chi connectivity index (χ2v) is 6.50. The fourth-order valence-corrected chi connectivity index (χ4v) is 2.84. The molecule has 0 aliphatic carbocycles. The van der Waals surface area contributed by atoms with Gasteiger partial charge in [0.25, 0.3) is 5.56 Å². The molecular formula is C17H11ClF9N3O. The first-order valence-corrected chi connectivity index (χ1v) is 8.43. The maximum atomic E-state index is 13.4. The molecule has 2 aromatic rings. The number of halogens is 10. The zero-order chi connectivity index (χ0) is 23.9. The summed E-state index contributed by atoms with van der Waals surface area (Å²) >= 11 is 5.39. The molecule has 0 aliphatic rings. The summed E-state index contributed by atoms with van der Waals surface area (Å²) in [5.41, 5.74) is -7.16. The molecule has 1 aromatic heterocycles. The van der Waals surface area contributed by atoms with Gasteiger partial charge >= 0.3 is 18.5 Å². The summed E-state index contributed by atoms with van der Waals surface area (Å²) in [5, 5.41) is 0.874. The van der Waals surface area contributed by atoms with Crippen LogP contribution in [-0.2, 0) is 18.5 Å². The minimum Gasteiger partial charge on any atom is -0.349 e. The lowest BCUT2D eigenvalue weighted by Gasteiger charge is -2.23. The predicted molar refractivity (Wildman–Crippen MR) is 93.4 cm³/mol. The summed E-state index contributed by atoms with van der Waals surface area (Å²) in [6, 6.07) is -0.732. The molecule has 0 amide bonds. The number of hydrogen-bond acceptors (Lipinski definition) is 3. The molecule has 0 radical (unpaired) electrons. The zero-order valence-electron chi connectivity index (χ0n) is 15.2. The molecule has 31 heavy (non-hydrogen) atoms. The van der Waals surface area contributed by atoms with Gasteiger partial charge in [-0.1, -0.05) is 24.2 Å². The number of rotatable bonds is 4. The summed E-state index contributed by atoms with van der Waals surface area (Å²) in [5.74, 6) is -0.864. The first-order valence-electron chi connectivity index (χ1n) is 8.05. The molecule has 0 aliphatic heterocycles. The van der Waals surface area contributed by atoms with Gasteiger partial charge < -0.3 is 5.32 Å². The third-order valence-electron chi connectivity index (χ3n) is 4.01. The molecule has 14 heteroatoms. The van der Waals surface area contributed by atoms with E-state index < -0.39 is 63.5 Å². The highest BCUT2D eigenvalue weighted by atomic mass is 35.5. The molecule has 0 saturated carbocycles. The van der Waals surface area contributed by atoms with Crippen molar-refractivity contribution in [1.82, 2.24) is 9.55 Å². The van der Waals surface area contributed by atoms with Crippen molar-refractivity contribution < 1.29 is 39.5 Å². The Kier molecular flexibility index (Phi) is 6.41. The molecule has 0 fully saturated rings. The Balaban J connectivity index is 2.63. The van der Waals surface area contributed by atoms with Crippen LogP contribution in [0.2, 0.25) is 5.02 Å². The molecule has 0 saturated heterocycles. The molecule has 1 atom stereocenters. The number of hydrogen-bond donors (Lipinski definition) is 1. The van der Waals surface area contributed by atoms with Crippen molar-refractivity contribution in [3.05, 3.63) is 62.5 Å². The highest BCUT2D eigenvalue weighted by Gasteiger charge is 2.40. The van der Waals surface area contributed by atoms with Crippen molar-refractivity contribution in [2.75, 3.05) is 5.32 Å². The van der Waals surface area contributed by atoms with Crippen molar-refractivity contribution in [3.8, 4) is 0 Å². The molecule has 1 heterocycles. The average Bonchev–Trinajstić information content (AvgIpc) is 2.61. The van der Waals surface area contributed by atoms with Gasteiger partial charge in [0.05, 0.1) is 17.2 Å². The van der Waals surface area contributed by atoms with Crippen LogP contribution in [0.5, 0.6) is 0 Å². The van der Waals surface area contributed by atoms with Crippen molar-refractivity contribution in [3.63, 3.8) is 0 Å². The standard InChI is InChI=1S/C17H11ClF9N3O/c1-3-30-13(31)11(18)12(17(25,26)27)29-14(30)28-7(2)9-5-4-8(15(19,20)21)6-10(9)16(22,23)24/h3-7H,1H2,2H3,(H,28,29). The van der Waals surface area contributed by atoms with Crippen molar-refractivity contribution >= 4 is 23.7 Å². The number of benzene rings is 1. The van der Waals surface area contributed by atoms with Crippen LogP contribution in [0.3, 0.4) is 0 Å². The van der Waals surface area contributed by atoms with E-state index in [2.05, 4.69) is 16.9 Å². The fraction of sp³-hybridized carbons (Fsp3) is 0.294. The number of anilines is 1. The molecule has 1 unspecified atom stereocenters. The molecule has 1 aromatic carbocycles. The monoisotopic (exact) mass is 479 g/mol. The summed E-state index contributed by atoms with van der Waals surface area (Å²) in [6.45, 7) is 4.23. The van der Waals surface area contributed by atoms with E-state index in [4.69, 9.17) is 11.6 Å². The Hall–Kier alpha value is -2.70. The van der Waals surface area contributed by atoms with E-state index >= 15 is 0 Å². The number of alkyl halides is 9. The van der Waals surface area contributed by atoms with E-state index in [1.54, 1.807) is 0 Å². The SMILES string of the molecule is C=Cn1c(NC(C)c2ccc(C(F)(F)F)cc2C(F)(F)F)nc(C(F)(F)F)c(Cl)c1=O. The van der Waals surface area contributed by atoms with Gasteiger partial charge in [0, 0.05) is 6.20 Å². The summed E-state index contributed by atoms with van der Waals surface area (Å²) in [7, 11) is 0. The first kappa shape index (κ1) is 24.6. The molecular weight excluding hydrogens is 469 g/mol. The number of nitrogens with zero attached hydrogens (tertiary/aromatic N) is 2. The van der Waals surface area contributed by atoms with Gasteiger partial charge in [-0.05, 0) is 24.6 Å². The number of aromatic nitrogens is 2. The first-order chi connectivity index (χ1) is 14.0. The summed E-state index contributed by atoms with van der Waals surface area (Å²) < 4.78 is 118. The predicted octanol–water partition coefficient (Wildman–Crippen LogP) is 6.23. The normalized spacial score (nSPS) is 13.8. The lowest BCUT2D eigenvalue weighted by molar-refractivity contribution is -0.143. The highest BCUT2D eigenvalue weighted by Crippen LogP contribution is 2.40. The van der Waals surface area contributed by atoms with Crippen LogP contribution in [0, 0.1) is 0 Å². The van der Waals surface area contributed by atoms with E-state index in [0.717, 1.165) is 6.92 Å². The number of nitrogens with one attached hydrogen (secondary N) is 1. The van der Waals surface area contributed by atoms with Crippen LogP contribution in [0.4, 0.5) is 45.5 Å². The van der Waals surface area contributed by atoms with E-state index in [1.807, 2.05) is 0 Å². The van der Waals surface area contributed by atoms with Crippen LogP contribution in [-0.4, -0.2) is 9.55 Å². The average molecular weight is 480 g/mol. The Labute approximate surface area is 173 Å². The highest BCUT2D eigenvalue weighted by molar-refractivity contribution is 6.31. The van der Waals surface area contributed by atoms with Crippen LogP contribution < -0.4 is 10.9 Å². The Bertz CT molecular complexity index is 1060. The van der Waals surface area contributed by atoms with Gasteiger partial charge in [0.15, 0.2) is 5.69 Å². The molecule has 1 N–H and O–H groups in total. The van der Waals surface area contributed by atoms with Crippen molar-refractivity contribution in [2.24, 2.45) is 0 Å². The smallest absolute Gasteiger partial charge is 0.349 e. The lowest BCUT2D eigenvalue weighted by atomic mass is 9.98. The molecule has 0 bridgehead atoms. The minimum absolute atomic E-state index is 0.121. The van der Waals surface area contributed by atoms with Crippen LogP contribution >= 0.6 is 11.6 Å². The van der Waals surface area contributed by atoms with Gasteiger partial charge in [-0.2, -0.15) is 39.5 Å². The van der Waals surface area contributed by atoms with E-state index in [1.165, 1.54) is 0 Å². The molecule has 2 rings (SSSR count). The zero-order valence-corrected chi connectivity index (χ0v) is 15.9. The van der Waals surface area contributed by atoms with Gasteiger partial charge in [-0.25, -0.2) is 4.98 Å². The maximum absolute atomic E-state index is 13.4. The van der Waals surface area contributed by atoms with Gasteiger partial charge in [0.2, 0.25) is 5.95 Å². The Morgan fingerprint density at radius 2 is 1.65 bits per heavy atom. The van der Waals surface area contributed by atoms with E-state index in [0.29, 0.717) is 22.9 Å². The van der Waals surface area contributed by atoms with E-state index in [-0.39, 0.29) is 6.07 Å². The summed E-state index contributed by atoms with van der Waals surface area (Å²) in [4.78, 5) is 15.2. The van der Waals surface area contributed by atoms with Crippen LogP contribution in [0.1, 0.15) is 35.3 Å². The molecule has 170 valence electrons. The Morgan fingerprint density at radius 1 is 1.06 bits per heavy atom. The van der Waals surface area contributed by atoms with Gasteiger partial charge in [-0.15, -0.1) is 0 Å². The second kappa shape index (κ2) is 8.09. The van der Waals surface area contributed by atoms with Gasteiger partial charge in [0.1, 0.15) is 5.02 Å². The third-order valence-corrected chi connectivity index (χ3v) is 4.35. The van der Waals surface area contributed by atoms with Crippen LogP contribution in [0.15, 0.2) is 29.6 Å². The maximum Gasteiger partial charge on any atom is 0.435 e. The van der Waals surface area contributed by atoms with Crippen LogP contribution in [0.25, 0.3) is 6.20 Å². The molecule has 0 spiro atoms. The Morgan fingerprint density at radius 3 is 2.10 bits per heavy atom. The fourth-order valence-electron chi connectivity index (χ4n) is 2.60. The minimum atomic E-state index is -5.21. The van der Waals surface area contributed by atoms with Gasteiger partial charge in [-0.3, -0.25) is 9.36 Å². The summed E-state index contributed by atoms with van der Waals surface area (Å²) in [6.07, 6.45) is -14.7. The second-order valence-electron chi connectivity index (χ2n) is 6.12. The van der Waals surface area contributed by atoms with Crippen molar-refractivity contribution in [2.45, 2.75) is 31.5 Å².